The standard InChI is InChI=1S/C21H34N4O2/c1-18(2)15-24-12-13-27-20(16-24)14-22-21(26)17-23-8-10-25(11-9-23)19-6-4-3-5-7-19/h3-7,18,20H,8-17H2,1-2H3,(H,22,26). The van der Waals surface area contributed by atoms with E-state index in [2.05, 4.69) is 58.1 Å². The second-order valence-corrected chi connectivity index (χ2v) is 8.05. The first-order chi connectivity index (χ1) is 13.1. The van der Waals surface area contributed by atoms with Crippen molar-refractivity contribution < 1.29 is 9.53 Å². The van der Waals surface area contributed by atoms with E-state index in [4.69, 9.17) is 4.74 Å². The number of anilines is 1. The van der Waals surface area contributed by atoms with Gasteiger partial charge in [-0.15, -0.1) is 0 Å². The monoisotopic (exact) mass is 374 g/mol. The van der Waals surface area contributed by atoms with Crippen molar-refractivity contribution in [3.8, 4) is 0 Å². The van der Waals surface area contributed by atoms with Crippen LogP contribution < -0.4 is 10.2 Å². The van der Waals surface area contributed by atoms with E-state index in [0.717, 1.165) is 52.4 Å². The fourth-order valence-electron chi connectivity index (χ4n) is 3.88. The number of piperazine rings is 1. The molecule has 2 aliphatic heterocycles. The van der Waals surface area contributed by atoms with Crippen molar-refractivity contribution >= 4 is 11.6 Å². The van der Waals surface area contributed by atoms with Crippen molar-refractivity contribution in [1.29, 1.82) is 0 Å². The fourth-order valence-corrected chi connectivity index (χ4v) is 3.88. The Kier molecular flexibility index (Phi) is 7.50. The molecule has 0 bridgehead atoms. The number of rotatable bonds is 7. The zero-order valence-corrected chi connectivity index (χ0v) is 16.8. The maximum Gasteiger partial charge on any atom is 0.234 e. The maximum atomic E-state index is 12.3. The highest BCUT2D eigenvalue weighted by Gasteiger charge is 2.23. The number of hydrogen-bond acceptors (Lipinski definition) is 5. The summed E-state index contributed by atoms with van der Waals surface area (Å²) in [6.07, 6.45) is 0.108. The molecule has 1 N–H and O–H groups in total. The van der Waals surface area contributed by atoms with Crippen LogP contribution in [0.4, 0.5) is 5.69 Å². The molecule has 1 atom stereocenters. The zero-order chi connectivity index (χ0) is 19.1. The molecule has 6 heteroatoms. The van der Waals surface area contributed by atoms with Gasteiger partial charge >= 0.3 is 0 Å². The number of carbonyl (C=O) groups excluding carboxylic acids is 1. The number of hydrogen-bond donors (Lipinski definition) is 1. The van der Waals surface area contributed by atoms with E-state index in [0.29, 0.717) is 19.0 Å². The molecule has 2 aliphatic rings. The van der Waals surface area contributed by atoms with Crippen molar-refractivity contribution in [1.82, 2.24) is 15.1 Å². The van der Waals surface area contributed by atoms with Gasteiger partial charge in [0.25, 0.3) is 0 Å². The Morgan fingerprint density at radius 3 is 2.56 bits per heavy atom. The summed E-state index contributed by atoms with van der Waals surface area (Å²) < 4.78 is 5.82. The van der Waals surface area contributed by atoms with Gasteiger partial charge in [0.2, 0.25) is 5.91 Å². The molecule has 1 unspecified atom stereocenters. The van der Waals surface area contributed by atoms with Crippen LogP contribution in [-0.4, -0.2) is 87.3 Å². The molecule has 27 heavy (non-hydrogen) atoms. The third kappa shape index (κ3) is 6.48. The molecule has 0 aliphatic carbocycles. The molecule has 1 aromatic carbocycles. The molecule has 2 saturated heterocycles. The minimum absolute atomic E-state index is 0.104. The summed E-state index contributed by atoms with van der Waals surface area (Å²) in [5, 5.41) is 3.07. The Bertz CT molecular complexity index is 573. The number of para-hydroxylation sites is 1. The number of carbonyl (C=O) groups is 1. The van der Waals surface area contributed by atoms with E-state index < -0.39 is 0 Å². The summed E-state index contributed by atoms with van der Waals surface area (Å²) in [6.45, 7) is 13.1. The lowest BCUT2D eigenvalue weighted by atomic mass is 10.2. The van der Waals surface area contributed by atoms with Gasteiger partial charge < -0.3 is 15.0 Å². The van der Waals surface area contributed by atoms with Gasteiger partial charge in [0, 0.05) is 58.0 Å². The van der Waals surface area contributed by atoms with E-state index >= 15 is 0 Å². The lowest BCUT2D eigenvalue weighted by Crippen LogP contribution is -2.51. The first-order valence-corrected chi connectivity index (χ1v) is 10.2. The maximum absolute atomic E-state index is 12.3. The van der Waals surface area contributed by atoms with E-state index in [1.54, 1.807) is 0 Å². The smallest absolute Gasteiger partial charge is 0.234 e. The molecule has 0 saturated carbocycles. The van der Waals surface area contributed by atoms with Gasteiger partial charge in [0.05, 0.1) is 19.3 Å². The van der Waals surface area contributed by atoms with Crippen LogP contribution >= 0.6 is 0 Å². The summed E-state index contributed by atoms with van der Waals surface area (Å²) >= 11 is 0. The average molecular weight is 375 g/mol. The Labute approximate surface area is 163 Å². The first-order valence-electron chi connectivity index (χ1n) is 10.2. The lowest BCUT2D eigenvalue weighted by Gasteiger charge is -2.36. The Morgan fingerprint density at radius 2 is 1.85 bits per heavy atom. The van der Waals surface area contributed by atoms with E-state index in [1.165, 1.54) is 5.69 Å². The largest absolute Gasteiger partial charge is 0.374 e. The van der Waals surface area contributed by atoms with Crippen LogP contribution in [0.2, 0.25) is 0 Å². The molecule has 150 valence electrons. The van der Waals surface area contributed by atoms with Crippen LogP contribution in [0.1, 0.15) is 13.8 Å². The van der Waals surface area contributed by atoms with Gasteiger partial charge in [-0.05, 0) is 18.1 Å². The minimum atomic E-state index is 0.104. The van der Waals surface area contributed by atoms with E-state index in [9.17, 15) is 4.79 Å². The van der Waals surface area contributed by atoms with Gasteiger partial charge in [-0.3, -0.25) is 14.6 Å². The quantitative estimate of drug-likeness (QED) is 0.779. The molecule has 1 aromatic rings. The van der Waals surface area contributed by atoms with Crippen molar-refractivity contribution in [3.63, 3.8) is 0 Å². The predicted molar refractivity (Wildman–Crippen MR) is 109 cm³/mol. The van der Waals surface area contributed by atoms with Crippen molar-refractivity contribution in [2.45, 2.75) is 20.0 Å². The molecule has 6 nitrogen and oxygen atoms in total. The second-order valence-electron chi connectivity index (χ2n) is 8.05. The number of nitrogens with zero attached hydrogens (tertiary/aromatic N) is 3. The third-order valence-electron chi connectivity index (χ3n) is 5.23. The Balaban J connectivity index is 1.34. The van der Waals surface area contributed by atoms with E-state index in [1.807, 2.05) is 6.07 Å². The normalized spacial score (nSPS) is 22.2. The highest BCUT2D eigenvalue weighted by Crippen LogP contribution is 2.15. The van der Waals surface area contributed by atoms with Gasteiger partial charge in [0.1, 0.15) is 0 Å². The molecular formula is C21H34N4O2. The van der Waals surface area contributed by atoms with Crippen LogP contribution in [0, 0.1) is 5.92 Å². The lowest BCUT2D eigenvalue weighted by molar-refractivity contribution is -0.123. The Hall–Kier alpha value is -1.63. The first kappa shape index (κ1) is 20.1. The molecule has 0 aromatic heterocycles. The molecular weight excluding hydrogens is 340 g/mol. The number of morpholine rings is 1. The SMILES string of the molecule is CC(C)CN1CCOC(CNC(=O)CN2CCN(c3ccccc3)CC2)C1. The zero-order valence-electron chi connectivity index (χ0n) is 16.8. The summed E-state index contributed by atoms with van der Waals surface area (Å²) in [7, 11) is 0. The van der Waals surface area contributed by atoms with Gasteiger partial charge in [-0.25, -0.2) is 0 Å². The summed E-state index contributed by atoms with van der Waals surface area (Å²) in [6, 6.07) is 10.5. The highest BCUT2D eigenvalue weighted by atomic mass is 16.5. The molecule has 3 rings (SSSR count). The van der Waals surface area contributed by atoms with Crippen LogP contribution in [-0.2, 0) is 9.53 Å². The Morgan fingerprint density at radius 1 is 1.11 bits per heavy atom. The summed E-state index contributed by atoms with van der Waals surface area (Å²) in [4.78, 5) is 19.4. The predicted octanol–water partition coefficient (Wildman–Crippen LogP) is 1.28. The molecule has 0 radical (unpaired) electrons. The minimum Gasteiger partial charge on any atom is -0.374 e. The second kappa shape index (κ2) is 10.1. The molecule has 2 heterocycles. The summed E-state index contributed by atoms with van der Waals surface area (Å²) in [5.41, 5.74) is 1.27. The van der Waals surface area contributed by atoms with Crippen LogP contribution in [0.15, 0.2) is 30.3 Å². The summed E-state index contributed by atoms with van der Waals surface area (Å²) in [5.74, 6) is 0.764. The van der Waals surface area contributed by atoms with Crippen molar-refractivity contribution in [2.24, 2.45) is 5.92 Å². The molecule has 2 fully saturated rings. The number of benzene rings is 1. The van der Waals surface area contributed by atoms with Gasteiger partial charge in [-0.2, -0.15) is 0 Å². The fraction of sp³-hybridized carbons (Fsp3) is 0.667. The van der Waals surface area contributed by atoms with E-state index in [-0.39, 0.29) is 12.0 Å². The van der Waals surface area contributed by atoms with Crippen molar-refractivity contribution in [2.75, 3.05) is 70.4 Å². The van der Waals surface area contributed by atoms with Crippen molar-refractivity contribution in [3.05, 3.63) is 30.3 Å². The topological polar surface area (TPSA) is 48.1 Å². The van der Waals surface area contributed by atoms with Crippen LogP contribution in [0.25, 0.3) is 0 Å². The van der Waals surface area contributed by atoms with Gasteiger partial charge in [-0.1, -0.05) is 32.0 Å². The van der Waals surface area contributed by atoms with Crippen LogP contribution in [0.3, 0.4) is 0 Å². The number of ether oxygens (including phenoxy) is 1. The molecule has 1 amide bonds. The number of amides is 1. The third-order valence-corrected chi connectivity index (χ3v) is 5.23. The van der Waals surface area contributed by atoms with Gasteiger partial charge in [0.15, 0.2) is 0 Å². The average Bonchev–Trinajstić information content (AvgIpc) is 2.67. The molecule has 0 spiro atoms. The number of nitrogens with one attached hydrogen (secondary N) is 1. The highest BCUT2D eigenvalue weighted by molar-refractivity contribution is 5.78. The van der Waals surface area contributed by atoms with Crippen LogP contribution in [0.5, 0.6) is 0 Å².